The second kappa shape index (κ2) is 6.60. The van der Waals surface area contributed by atoms with E-state index in [1.54, 1.807) is 0 Å². The molecule has 3 aliphatic rings. The van der Waals surface area contributed by atoms with Crippen LogP contribution in [0.4, 0.5) is 4.79 Å². The average Bonchev–Trinajstić information content (AvgIpc) is 3.49. The number of hydrogen-bond donors (Lipinski definition) is 1. The molecule has 29 heavy (non-hydrogen) atoms. The molecular formula is C25H31N3O. The molecule has 1 heterocycles. The largest absolute Gasteiger partial charge is 0.331 e. The van der Waals surface area contributed by atoms with Gasteiger partial charge in [0.15, 0.2) is 0 Å². The zero-order valence-electron chi connectivity index (χ0n) is 17.5. The number of hydrogen-bond acceptors (Lipinski definition) is 2. The number of benzene rings is 2. The Labute approximate surface area is 173 Å². The Morgan fingerprint density at radius 3 is 1.86 bits per heavy atom. The minimum atomic E-state index is -0.0876. The van der Waals surface area contributed by atoms with Crippen LogP contribution in [-0.2, 0) is 11.1 Å². The first-order valence-corrected chi connectivity index (χ1v) is 10.9. The molecule has 2 amide bonds. The van der Waals surface area contributed by atoms with Gasteiger partial charge in [0, 0.05) is 12.1 Å². The molecule has 0 atom stereocenters. The molecule has 4 heteroatoms. The van der Waals surface area contributed by atoms with E-state index in [1.165, 1.54) is 11.1 Å². The first-order chi connectivity index (χ1) is 14.0. The molecule has 4 nitrogen and oxygen atoms in total. The molecule has 5 rings (SSSR count). The smallest absolute Gasteiger partial charge is 0.318 e. The predicted octanol–water partition coefficient (Wildman–Crippen LogP) is 4.47. The number of carbonyl (C=O) groups excluding carboxylic acids is 1. The van der Waals surface area contributed by atoms with Crippen LogP contribution in [0.1, 0.15) is 49.7 Å². The Hall–Kier alpha value is -2.33. The lowest BCUT2D eigenvalue weighted by Gasteiger charge is -2.48. The molecule has 0 radical (unpaired) electrons. The summed E-state index contributed by atoms with van der Waals surface area (Å²) in [6.07, 6.45) is 6.33. The molecular weight excluding hydrogens is 358 g/mol. The van der Waals surface area contributed by atoms with Gasteiger partial charge in [0.05, 0.1) is 11.1 Å². The molecule has 0 bridgehead atoms. The van der Waals surface area contributed by atoms with Crippen LogP contribution < -0.4 is 5.32 Å². The molecule has 2 aromatic rings. The number of rotatable bonds is 4. The molecule has 1 N–H and O–H groups in total. The highest BCUT2D eigenvalue weighted by Crippen LogP contribution is 2.54. The SMILES string of the molecule is CN(C)C1(c2ccccc2)CCC2(CC1)CN(C1(c3ccccc3)CC1)C(=O)N2. The first-order valence-electron chi connectivity index (χ1n) is 10.9. The van der Waals surface area contributed by atoms with Crippen LogP contribution in [-0.4, -0.2) is 42.0 Å². The maximum absolute atomic E-state index is 13.1. The fourth-order valence-electron chi connectivity index (χ4n) is 5.80. The fraction of sp³-hybridized carbons (Fsp3) is 0.480. The van der Waals surface area contributed by atoms with Gasteiger partial charge in [-0.25, -0.2) is 4.79 Å². The van der Waals surface area contributed by atoms with E-state index in [2.05, 4.69) is 89.9 Å². The number of nitrogens with one attached hydrogen (secondary N) is 1. The van der Waals surface area contributed by atoms with Gasteiger partial charge in [-0.2, -0.15) is 0 Å². The summed E-state index contributed by atoms with van der Waals surface area (Å²) < 4.78 is 0. The third-order valence-corrected chi connectivity index (χ3v) is 7.83. The Morgan fingerprint density at radius 2 is 1.34 bits per heavy atom. The van der Waals surface area contributed by atoms with E-state index in [4.69, 9.17) is 0 Å². The molecule has 3 fully saturated rings. The van der Waals surface area contributed by atoms with Crippen LogP contribution in [0, 0.1) is 0 Å². The molecule has 2 aliphatic carbocycles. The number of carbonyl (C=O) groups is 1. The van der Waals surface area contributed by atoms with Gasteiger partial charge in [0.2, 0.25) is 0 Å². The van der Waals surface area contributed by atoms with E-state index in [0.717, 1.165) is 45.1 Å². The molecule has 1 aliphatic heterocycles. The zero-order valence-corrected chi connectivity index (χ0v) is 17.5. The van der Waals surface area contributed by atoms with Gasteiger partial charge in [-0.1, -0.05) is 60.7 Å². The molecule has 2 saturated carbocycles. The van der Waals surface area contributed by atoms with Crippen molar-refractivity contribution in [3.05, 3.63) is 71.8 Å². The van der Waals surface area contributed by atoms with Crippen molar-refractivity contribution in [1.82, 2.24) is 15.1 Å². The Morgan fingerprint density at radius 1 is 0.793 bits per heavy atom. The van der Waals surface area contributed by atoms with Crippen molar-refractivity contribution >= 4 is 6.03 Å². The second-order valence-electron chi connectivity index (χ2n) is 9.49. The number of urea groups is 1. The first kappa shape index (κ1) is 18.7. The Balaban J connectivity index is 1.37. The highest BCUT2D eigenvalue weighted by molar-refractivity contribution is 5.79. The highest BCUT2D eigenvalue weighted by atomic mass is 16.2. The second-order valence-corrected chi connectivity index (χ2v) is 9.49. The maximum Gasteiger partial charge on any atom is 0.318 e. The third kappa shape index (κ3) is 2.88. The quantitative estimate of drug-likeness (QED) is 0.837. The predicted molar refractivity (Wildman–Crippen MR) is 116 cm³/mol. The van der Waals surface area contributed by atoms with E-state index >= 15 is 0 Å². The van der Waals surface area contributed by atoms with Gasteiger partial charge in [0.1, 0.15) is 0 Å². The summed E-state index contributed by atoms with van der Waals surface area (Å²) in [4.78, 5) is 17.6. The van der Waals surface area contributed by atoms with Gasteiger partial charge in [-0.3, -0.25) is 4.90 Å². The topological polar surface area (TPSA) is 35.6 Å². The lowest BCUT2D eigenvalue weighted by molar-refractivity contribution is 0.0597. The van der Waals surface area contributed by atoms with Crippen molar-refractivity contribution in [2.45, 2.75) is 55.1 Å². The minimum Gasteiger partial charge on any atom is -0.331 e. The maximum atomic E-state index is 13.1. The van der Waals surface area contributed by atoms with Crippen molar-refractivity contribution in [2.24, 2.45) is 0 Å². The Bertz CT molecular complexity index is 881. The van der Waals surface area contributed by atoms with E-state index in [1.807, 2.05) is 0 Å². The molecule has 0 unspecified atom stereocenters. The van der Waals surface area contributed by atoms with Crippen LogP contribution >= 0.6 is 0 Å². The lowest BCUT2D eigenvalue weighted by atomic mass is 9.69. The van der Waals surface area contributed by atoms with Crippen LogP contribution in [0.2, 0.25) is 0 Å². The van der Waals surface area contributed by atoms with Crippen molar-refractivity contribution in [3.8, 4) is 0 Å². The van der Waals surface area contributed by atoms with Crippen LogP contribution in [0.3, 0.4) is 0 Å². The number of nitrogens with zero attached hydrogens (tertiary/aromatic N) is 2. The molecule has 152 valence electrons. The summed E-state index contributed by atoms with van der Waals surface area (Å²) in [5.74, 6) is 0. The van der Waals surface area contributed by atoms with Gasteiger partial charge in [-0.15, -0.1) is 0 Å². The summed E-state index contributed by atoms with van der Waals surface area (Å²) in [7, 11) is 4.39. The summed E-state index contributed by atoms with van der Waals surface area (Å²) in [6, 6.07) is 21.6. The van der Waals surface area contributed by atoms with E-state index in [0.29, 0.717) is 0 Å². The summed E-state index contributed by atoms with van der Waals surface area (Å²) in [5, 5.41) is 3.43. The fourth-order valence-corrected chi connectivity index (χ4v) is 5.80. The zero-order chi connectivity index (χ0) is 20.1. The average molecular weight is 390 g/mol. The lowest BCUT2D eigenvalue weighted by Crippen LogP contribution is -2.54. The minimum absolute atomic E-state index is 0.0569. The molecule has 1 saturated heterocycles. The van der Waals surface area contributed by atoms with Crippen LogP contribution in [0.5, 0.6) is 0 Å². The van der Waals surface area contributed by atoms with Gasteiger partial charge in [-0.05, 0) is 63.7 Å². The van der Waals surface area contributed by atoms with Gasteiger partial charge < -0.3 is 10.2 Å². The van der Waals surface area contributed by atoms with Gasteiger partial charge in [0.25, 0.3) is 0 Å². The van der Waals surface area contributed by atoms with Crippen molar-refractivity contribution < 1.29 is 4.79 Å². The molecule has 0 aromatic heterocycles. The van der Waals surface area contributed by atoms with E-state index in [-0.39, 0.29) is 22.6 Å². The highest BCUT2D eigenvalue weighted by Gasteiger charge is 2.58. The molecule has 1 spiro atoms. The van der Waals surface area contributed by atoms with Crippen molar-refractivity contribution in [1.29, 1.82) is 0 Å². The molecule has 2 aromatic carbocycles. The van der Waals surface area contributed by atoms with Crippen LogP contribution in [0.25, 0.3) is 0 Å². The monoisotopic (exact) mass is 389 g/mol. The summed E-state index contributed by atoms with van der Waals surface area (Å²) in [6.45, 7) is 0.832. The van der Waals surface area contributed by atoms with Crippen molar-refractivity contribution in [2.75, 3.05) is 20.6 Å². The number of amides is 2. The summed E-state index contributed by atoms with van der Waals surface area (Å²) in [5.41, 5.74) is 2.57. The normalized spacial score (nSPS) is 30.6. The van der Waals surface area contributed by atoms with E-state index in [9.17, 15) is 4.79 Å². The van der Waals surface area contributed by atoms with Crippen molar-refractivity contribution in [3.63, 3.8) is 0 Å². The standard InChI is InChI=1S/C25H31N3O/c1-27(2)24(20-9-5-3-6-10-20)15-13-23(14-16-24)19-28(22(29)26-23)25(17-18-25)21-11-7-4-8-12-21/h3-12H,13-19H2,1-2H3,(H,26,29). The van der Waals surface area contributed by atoms with E-state index < -0.39 is 0 Å². The van der Waals surface area contributed by atoms with Crippen LogP contribution in [0.15, 0.2) is 60.7 Å². The van der Waals surface area contributed by atoms with Gasteiger partial charge >= 0.3 is 6.03 Å². The Kier molecular flexibility index (Phi) is 4.25. The summed E-state index contributed by atoms with van der Waals surface area (Å²) >= 11 is 0. The third-order valence-electron chi connectivity index (χ3n) is 7.83.